The van der Waals surface area contributed by atoms with Crippen molar-refractivity contribution in [2.45, 2.75) is 19.1 Å². The zero-order valence-electron chi connectivity index (χ0n) is 8.24. The largest absolute Gasteiger partial charge is 0.390 e. The van der Waals surface area contributed by atoms with Crippen molar-refractivity contribution in [3.8, 4) is 0 Å². The van der Waals surface area contributed by atoms with Crippen LogP contribution in [-0.4, -0.2) is 12.7 Å². The first-order chi connectivity index (χ1) is 7.38. The minimum Gasteiger partial charge on any atom is -0.312 e. The fraction of sp³-hybridized carbons (Fsp3) is 0.400. The van der Waals surface area contributed by atoms with Gasteiger partial charge in [-0.3, -0.25) is 0 Å². The monoisotopic (exact) mass is 299 g/mol. The first-order valence-corrected chi connectivity index (χ1v) is 5.39. The molecule has 0 aliphatic heterocycles. The number of benzene rings is 1. The van der Waals surface area contributed by atoms with Crippen LogP contribution in [-0.2, 0) is 6.54 Å². The van der Waals surface area contributed by atoms with Crippen molar-refractivity contribution in [1.82, 2.24) is 5.32 Å². The summed E-state index contributed by atoms with van der Waals surface area (Å²) in [5, 5.41) is 2.61. The van der Waals surface area contributed by atoms with Crippen LogP contribution in [0.15, 0.2) is 22.7 Å². The van der Waals surface area contributed by atoms with Crippen molar-refractivity contribution in [3.63, 3.8) is 0 Å². The van der Waals surface area contributed by atoms with Crippen LogP contribution in [0.2, 0.25) is 0 Å². The van der Waals surface area contributed by atoms with Crippen LogP contribution in [0.3, 0.4) is 0 Å². The molecule has 1 nitrogen and oxygen atoms in total. The van der Waals surface area contributed by atoms with E-state index in [1.165, 1.54) is 18.2 Å². The smallest absolute Gasteiger partial charge is 0.312 e. The Hall–Kier alpha value is -0.620. The van der Waals surface area contributed by atoms with Gasteiger partial charge in [-0.15, -0.1) is 0 Å². The highest BCUT2D eigenvalue weighted by Gasteiger charge is 2.25. The van der Waals surface area contributed by atoms with Crippen LogP contribution in [0.5, 0.6) is 0 Å². The molecule has 0 fully saturated rings. The SMILES string of the molecule is Fc1ccc(Br)c(CNCCC(F)(F)F)c1. The zero-order chi connectivity index (χ0) is 12.2. The van der Waals surface area contributed by atoms with Crippen LogP contribution in [0, 0.1) is 5.82 Å². The van der Waals surface area contributed by atoms with Gasteiger partial charge in [-0.05, 0) is 23.8 Å². The molecule has 0 spiro atoms. The van der Waals surface area contributed by atoms with Crippen molar-refractivity contribution in [1.29, 1.82) is 0 Å². The highest BCUT2D eigenvalue weighted by atomic mass is 79.9. The lowest BCUT2D eigenvalue weighted by Gasteiger charge is -2.09. The molecular formula is C10H10BrF4N. The van der Waals surface area contributed by atoms with Gasteiger partial charge in [-0.1, -0.05) is 15.9 Å². The van der Waals surface area contributed by atoms with Gasteiger partial charge >= 0.3 is 6.18 Å². The van der Waals surface area contributed by atoms with E-state index >= 15 is 0 Å². The molecule has 0 heterocycles. The van der Waals surface area contributed by atoms with E-state index in [2.05, 4.69) is 21.2 Å². The predicted molar refractivity (Wildman–Crippen MR) is 56.5 cm³/mol. The van der Waals surface area contributed by atoms with Crippen molar-refractivity contribution in [2.75, 3.05) is 6.54 Å². The molecule has 0 amide bonds. The highest BCUT2D eigenvalue weighted by molar-refractivity contribution is 9.10. The van der Waals surface area contributed by atoms with Gasteiger partial charge in [-0.2, -0.15) is 13.2 Å². The van der Waals surface area contributed by atoms with Crippen LogP contribution in [0.4, 0.5) is 17.6 Å². The summed E-state index contributed by atoms with van der Waals surface area (Å²) in [6.45, 7) is 0.0286. The normalized spacial score (nSPS) is 11.8. The average molecular weight is 300 g/mol. The Bertz CT molecular complexity index is 351. The summed E-state index contributed by atoms with van der Waals surface area (Å²) in [7, 11) is 0. The van der Waals surface area contributed by atoms with Gasteiger partial charge in [0, 0.05) is 17.6 Å². The van der Waals surface area contributed by atoms with E-state index in [4.69, 9.17) is 0 Å². The van der Waals surface area contributed by atoms with Gasteiger partial charge in [0.25, 0.3) is 0 Å². The second kappa shape index (κ2) is 5.63. The second-order valence-corrected chi connectivity index (χ2v) is 4.13. The molecule has 90 valence electrons. The number of hydrogen-bond donors (Lipinski definition) is 1. The molecule has 0 aliphatic carbocycles. The van der Waals surface area contributed by atoms with E-state index in [-0.39, 0.29) is 13.1 Å². The molecule has 0 bridgehead atoms. The molecule has 0 unspecified atom stereocenters. The van der Waals surface area contributed by atoms with E-state index in [0.29, 0.717) is 10.0 Å². The predicted octanol–water partition coefficient (Wildman–Crippen LogP) is 3.63. The summed E-state index contributed by atoms with van der Waals surface area (Å²) in [5.41, 5.74) is 0.599. The molecule has 0 radical (unpaired) electrons. The Balaban J connectivity index is 2.40. The molecule has 1 aromatic carbocycles. The third-order valence-electron chi connectivity index (χ3n) is 1.91. The molecule has 1 aromatic rings. The van der Waals surface area contributed by atoms with Crippen LogP contribution in [0.1, 0.15) is 12.0 Å². The first-order valence-electron chi connectivity index (χ1n) is 4.60. The summed E-state index contributed by atoms with van der Waals surface area (Å²) in [6, 6.07) is 4.09. The van der Waals surface area contributed by atoms with Gasteiger partial charge in [0.15, 0.2) is 0 Å². The maximum atomic E-state index is 12.8. The third-order valence-corrected chi connectivity index (χ3v) is 2.68. The molecule has 0 saturated heterocycles. The summed E-state index contributed by atoms with van der Waals surface area (Å²) < 4.78 is 48.9. The number of alkyl halides is 3. The molecule has 1 N–H and O–H groups in total. The van der Waals surface area contributed by atoms with E-state index < -0.39 is 18.4 Å². The topological polar surface area (TPSA) is 12.0 Å². The fourth-order valence-corrected chi connectivity index (χ4v) is 1.52. The quantitative estimate of drug-likeness (QED) is 0.661. The second-order valence-electron chi connectivity index (χ2n) is 3.28. The van der Waals surface area contributed by atoms with Crippen LogP contribution in [0.25, 0.3) is 0 Å². The Labute approximate surface area is 99.0 Å². The van der Waals surface area contributed by atoms with E-state index in [0.717, 1.165) is 0 Å². The molecule has 16 heavy (non-hydrogen) atoms. The number of nitrogens with one attached hydrogen (secondary N) is 1. The number of rotatable bonds is 4. The number of hydrogen-bond acceptors (Lipinski definition) is 1. The summed E-state index contributed by atoms with van der Waals surface area (Å²) in [4.78, 5) is 0. The molecule has 0 saturated carbocycles. The van der Waals surface area contributed by atoms with Crippen molar-refractivity contribution < 1.29 is 17.6 Å². The van der Waals surface area contributed by atoms with Crippen LogP contribution >= 0.6 is 15.9 Å². The fourth-order valence-electron chi connectivity index (χ4n) is 1.13. The highest BCUT2D eigenvalue weighted by Crippen LogP contribution is 2.19. The van der Waals surface area contributed by atoms with E-state index in [1.54, 1.807) is 0 Å². The molecular weight excluding hydrogens is 290 g/mol. The first kappa shape index (κ1) is 13.4. The lowest BCUT2D eigenvalue weighted by atomic mass is 10.2. The Morgan fingerprint density at radius 3 is 2.56 bits per heavy atom. The van der Waals surface area contributed by atoms with Gasteiger partial charge in [0.05, 0.1) is 6.42 Å². The Morgan fingerprint density at radius 1 is 1.25 bits per heavy atom. The van der Waals surface area contributed by atoms with E-state index in [1.807, 2.05) is 0 Å². The standard InChI is InChI=1S/C10H10BrF4N/c11-9-2-1-8(12)5-7(9)6-16-4-3-10(13,14)15/h1-2,5,16H,3-4,6H2. The summed E-state index contributed by atoms with van der Waals surface area (Å²) in [5.74, 6) is -0.407. The molecule has 0 aliphatic rings. The van der Waals surface area contributed by atoms with Crippen molar-refractivity contribution in [3.05, 3.63) is 34.1 Å². The molecule has 0 atom stereocenters. The third kappa shape index (κ3) is 4.94. The van der Waals surface area contributed by atoms with Gasteiger partial charge in [-0.25, -0.2) is 4.39 Å². The lowest BCUT2D eigenvalue weighted by Crippen LogP contribution is -2.21. The Kier molecular flexibility index (Phi) is 4.73. The lowest BCUT2D eigenvalue weighted by molar-refractivity contribution is -0.133. The maximum absolute atomic E-state index is 12.8. The molecule has 1 rings (SSSR count). The maximum Gasteiger partial charge on any atom is 0.390 e. The van der Waals surface area contributed by atoms with E-state index in [9.17, 15) is 17.6 Å². The minimum absolute atomic E-state index is 0.174. The zero-order valence-corrected chi connectivity index (χ0v) is 9.83. The number of halogens is 5. The van der Waals surface area contributed by atoms with Crippen molar-refractivity contribution >= 4 is 15.9 Å². The molecule has 6 heteroatoms. The van der Waals surface area contributed by atoms with Crippen LogP contribution < -0.4 is 5.32 Å². The summed E-state index contributed by atoms with van der Waals surface area (Å²) in [6.07, 6.45) is -5.05. The van der Waals surface area contributed by atoms with Gasteiger partial charge < -0.3 is 5.32 Å². The van der Waals surface area contributed by atoms with Crippen molar-refractivity contribution in [2.24, 2.45) is 0 Å². The average Bonchev–Trinajstić information content (AvgIpc) is 2.16. The van der Waals surface area contributed by atoms with Gasteiger partial charge in [0.1, 0.15) is 5.82 Å². The summed E-state index contributed by atoms with van der Waals surface area (Å²) >= 11 is 3.19. The Morgan fingerprint density at radius 2 is 1.94 bits per heavy atom. The minimum atomic E-state index is -4.16. The molecule has 0 aromatic heterocycles. The van der Waals surface area contributed by atoms with Gasteiger partial charge in [0.2, 0.25) is 0 Å².